The van der Waals surface area contributed by atoms with Crippen LogP contribution in [0.2, 0.25) is 5.02 Å². The Bertz CT molecular complexity index is 589. The molecule has 0 amide bonds. The van der Waals surface area contributed by atoms with Gasteiger partial charge in [0, 0.05) is 22.5 Å². The molecule has 0 unspecified atom stereocenters. The van der Waals surface area contributed by atoms with Crippen molar-refractivity contribution in [3.63, 3.8) is 0 Å². The van der Waals surface area contributed by atoms with Crippen LogP contribution in [0.25, 0.3) is 10.9 Å². The molecule has 0 bridgehead atoms. The lowest BCUT2D eigenvalue weighted by Gasteiger charge is -2.09. The molecule has 1 aromatic heterocycles. The Morgan fingerprint density at radius 1 is 1.32 bits per heavy atom. The molecule has 1 heterocycles. The Morgan fingerprint density at radius 3 is 2.79 bits per heavy atom. The molecule has 19 heavy (non-hydrogen) atoms. The van der Waals surface area contributed by atoms with Crippen LogP contribution in [0.1, 0.15) is 37.2 Å². The Labute approximate surface area is 118 Å². The minimum Gasteiger partial charge on any atom is -0.461 e. The maximum atomic E-state index is 12.0. The number of ether oxygens (including phenoxy) is 1. The van der Waals surface area contributed by atoms with E-state index in [2.05, 4.69) is 6.92 Å². The number of aryl methyl sites for hydroxylation is 1. The topological polar surface area (TPSA) is 31.2 Å². The second-order valence-corrected chi connectivity index (χ2v) is 4.89. The molecule has 0 aliphatic carbocycles. The average Bonchev–Trinajstić information content (AvgIpc) is 2.74. The van der Waals surface area contributed by atoms with Gasteiger partial charge in [0.15, 0.2) is 0 Å². The molecule has 2 aromatic rings. The Hall–Kier alpha value is -1.48. The molecule has 0 aliphatic rings. The van der Waals surface area contributed by atoms with E-state index < -0.39 is 0 Å². The van der Waals surface area contributed by atoms with Crippen LogP contribution >= 0.6 is 11.6 Å². The van der Waals surface area contributed by atoms with Gasteiger partial charge in [-0.05, 0) is 37.6 Å². The van der Waals surface area contributed by atoms with Gasteiger partial charge < -0.3 is 9.30 Å². The highest BCUT2D eigenvalue weighted by atomic mass is 35.5. The second kappa shape index (κ2) is 6.11. The number of nitrogens with zero attached hydrogens (tertiary/aromatic N) is 1. The lowest BCUT2D eigenvalue weighted by molar-refractivity contribution is 0.0514. The zero-order valence-electron chi connectivity index (χ0n) is 11.3. The van der Waals surface area contributed by atoms with E-state index in [0.29, 0.717) is 17.3 Å². The summed E-state index contributed by atoms with van der Waals surface area (Å²) in [5, 5.41) is 1.65. The minimum absolute atomic E-state index is 0.272. The Kier molecular flexibility index (Phi) is 4.48. The Morgan fingerprint density at radius 2 is 2.11 bits per heavy atom. The molecule has 0 saturated heterocycles. The summed E-state index contributed by atoms with van der Waals surface area (Å²) in [6, 6.07) is 7.54. The predicted octanol–water partition coefficient (Wildman–Crippen LogP) is 4.27. The lowest BCUT2D eigenvalue weighted by Crippen LogP contribution is -2.12. The third-order valence-electron chi connectivity index (χ3n) is 3.08. The van der Waals surface area contributed by atoms with Crippen molar-refractivity contribution in [1.82, 2.24) is 4.57 Å². The summed E-state index contributed by atoms with van der Waals surface area (Å²) in [5.41, 5.74) is 1.63. The molecule has 102 valence electrons. The zero-order valence-corrected chi connectivity index (χ0v) is 12.0. The van der Waals surface area contributed by atoms with Crippen molar-refractivity contribution < 1.29 is 9.53 Å². The van der Waals surface area contributed by atoms with Gasteiger partial charge in [0.25, 0.3) is 0 Å². The fourth-order valence-electron chi connectivity index (χ4n) is 2.17. The third-order valence-corrected chi connectivity index (χ3v) is 3.32. The molecule has 0 atom stereocenters. The number of carbonyl (C=O) groups excluding carboxylic acids is 1. The summed E-state index contributed by atoms with van der Waals surface area (Å²) < 4.78 is 7.14. The Balaban J connectivity index is 2.50. The highest BCUT2D eigenvalue weighted by Crippen LogP contribution is 2.24. The minimum atomic E-state index is -0.272. The quantitative estimate of drug-likeness (QED) is 0.765. The smallest absolute Gasteiger partial charge is 0.354 e. The van der Waals surface area contributed by atoms with Gasteiger partial charge >= 0.3 is 5.97 Å². The van der Waals surface area contributed by atoms with Crippen LogP contribution in [0, 0.1) is 0 Å². The number of benzene rings is 1. The molecule has 4 heteroatoms. The van der Waals surface area contributed by atoms with Crippen molar-refractivity contribution in [1.29, 1.82) is 0 Å². The van der Waals surface area contributed by atoms with Gasteiger partial charge in [-0.3, -0.25) is 0 Å². The lowest BCUT2D eigenvalue weighted by atomic mass is 10.2. The van der Waals surface area contributed by atoms with Crippen molar-refractivity contribution >= 4 is 28.5 Å². The van der Waals surface area contributed by atoms with E-state index >= 15 is 0 Å². The van der Waals surface area contributed by atoms with E-state index in [4.69, 9.17) is 16.3 Å². The van der Waals surface area contributed by atoms with Crippen LogP contribution in [0.4, 0.5) is 0 Å². The number of aromatic nitrogens is 1. The highest BCUT2D eigenvalue weighted by Gasteiger charge is 2.16. The number of hydrogen-bond acceptors (Lipinski definition) is 2. The van der Waals surface area contributed by atoms with Crippen molar-refractivity contribution in [3.05, 3.63) is 35.0 Å². The van der Waals surface area contributed by atoms with Gasteiger partial charge in [-0.15, -0.1) is 0 Å². The number of hydrogen-bond donors (Lipinski definition) is 0. The first-order valence-electron chi connectivity index (χ1n) is 6.63. The number of carbonyl (C=O) groups is 1. The van der Waals surface area contributed by atoms with Crippen LogP contribution < -0.4 is 0 Å². The van der Waals surface area contributed by atoms with E-state index in [1.165, 1.54) is 0 Å². The standard InChI is InChI=1S/C15H18ClNO2/c1-3-5-8-17-13-7-6-12(16)9-11(13)10-14(17)15(18)19-4-2/h6-7,9-10H,3-5,8H2,1-2H3. The van der Waals surface area contributed by atoms with Gasteiger partial charge in [-0.1, -0.05) is 24.9 Å². The van der Waals surface area contributed by atoms with Crippen molar-refractivity contribution in [3.8, 4) is 0 Å². The van der Waals surface area contributed by atoms with Crippen LogP contribution in [-0.2, 0) is 11.3 Å². The zero-order chi connectivity index (χ0) is 13.8. The van der Waals surface area contributed by atoms with Crippen molar-refractivity contribution in [2.24, 2.45) is 0 Å². The van der Waals surface area contributed by atoms with Crippen LogP contribution in [0.15, 0.2) is 24.3 Å². The summed E-state index contributed by atoms with van der Waals surface area (Å²) in [6.45, 7) is 5.14. The number of unbranched alkanes of at least 4 members (excludes halogenated alkanes) is 1. The predicted molar refractivity (Wildman–Crippen MR) is 77.8 cm³/mol. The van der Waals surface area contributed by atoms with E-state index in [9.17, 15) is 4.79 Å². The normalized spacial score (nSPS) is 10.9. The molecule has 3 nitrogen and oxygen atoms in total. The summed E-state index contributed by atoms with van der Waals surface area (Å²) in [5.74, 6) is -0.272. The molecule has 0 aliphatic heterocycles. The van der Waals surface area contributed by atoms with E-state index in [1.54, 1.807) is 0 Å². The SMILES string of the molecule is CCCCn1c(C(=O)OCC)cc2cc(Cl)ccc21. The highest BCUT2D eigenvalue weighted by molar-refractivity contribution is 6.31. The molecule has 0 radical (unpaired) electrons. The summed E-state index contributed by atoms with van der Waals surface area (Å²) in [6.07, 6.45) is 2.11. The van der Waals surface area contributed by atoms with Gasteiger partial charge in [-0.25, -0.2) is 4.79 Å². The maximum absolute atomic E-state index is 12.0. The fourth-order valence-corrected chi connectivity index (χ4v) is 2.35. The maximum Gasteiger partial charge on any atom is 0.354 e. The third kappa shape index (κ3) is 2.92. The van der Waals surface area contributed by atoms with Gasteiger partial charge in [-0.2, -0.15) is 0 Å². The van der Waals surface area contributed by atoms with Gasteiger partial charge in [0.1, 0.15) is 5.69 Å². The molecule has 0 saturated carbocycles. The second-order valence-electron chi connectivity index (χ2n) is 4.46. The van der Waals surface area contributed by atoms with Crippen molar-refractivity contribution in [2.45, 2.75) is 33.2 Å². The fraction of sp³-hybridized carbons (Fsp3) is 0.400. The number of esters is 1. The van der Waals surface area contributed by atoms with Crippen LogP contribution in [0.3, 0.4) is 0 Å². The molecule has 0 N–H and O–H groups in total. The molecule has 0 spiro atoms. The van der Waals surface area contributed by atoms with Crippen LogP contribution in [-0.4, -0.2) is 17.1 Å². The van der Waals surface area contributed by atoms with E-state index in [1.807, 2.05) is 35.8 Å². The van der Waals surface area contributed by atoms with Crippen LogP contribution in [0.5, 0.6) is 0 Å². The molecule has 1 aromatic carbocycles. The summed E-state index contributed by atoms with van der Waals surface area (Å²) in [4.78, 5) is 12.0. The van der Waals surface area contributed by atoms with E-state index in [-0.39, 0.29) is 5.97 Å². The number of halogens is 1. The number of rotatable bonds is 5. The molecular formula is C15H18ClNO2. The van der Waals surface area contributed by atoms with Gasteiger partial charge in [0.05, 0.1) is 6.61 Å². The number of fused-ring (bicyclic) bond motifs is 1. The molecule has 2 rings (SSSR count). The largest absolute Gasteiger partial charge is 0.461 e. The van der Waals surface area contributed by atoms with Crippen molar-refractivity contribution in [2.75, 3.05) is 6.61 Å². The van der Waals surface area contributed by atoms with E-state index in [0.717, 1.165) is 30.3 Å². The first-order valence-corrected chi connectivity index (χ1v) is 7.01. The van der Waals surface area contributed by atoms with Gasteiger partial charge in [0.2, 0.25) is 0 Å². The molecule has 0 fully saturated rings. The summed E-state index contributed by atoms with van der Waals surface area (Å²) >= 11 is 6.00. The average molecular weight is 280 g/mol. The summed E-state index contributed by atoms with van der Waals surface area (Å²) in [7, 11) is 0. The molecular weight excluding hydrogens is 262 g/mol. The first-order chi connectivity index (χ1) is 9.17. The monoisotopic (exact) mass is 279 g/mol. The first kappa shape index (κ1) is 13.9.